The number of nitrogens with zero attached hydrogens (tertiary/aromatic N) is 6. The summed E-state index contributed by atoms with van der Waals surface area (Å²) in [4.78, 5) is 9.15. The van der Waals surface area contributed by atoms with Crippen molar-refractivity contribution in [1.29, 1.82) is 0 Å². The van der Waals surface area contributed by atoms with Crippen molar-refractivity contribution in [3.8, 4) is 0 Å². The fraction of sp³-hybridized carbons (Fsp3) is 0.500. The van der Waals surface area contributed by atoms with Crippen LogP contribution >= 0.6 is 11.6 Å². The third-order valence-corrected chi connectivity index (χ3v) is 6.87. The van der Waals surface area contributed by atoms with Crippen molar-refractivity contribution in [3.05, 3.63) is 52.8 Å². The van der Waals surface area contributed by atoms with Crippen LogP contribution < -0.4 is 10.6 Å². The van der Waals surface area contributed by atoms with Crippen LogP contribution in [0.5, 0.6) is 0 Å². The molecule has 2 aliphatic rings. The van der Waals surface area contributed by atoms with Gasteiger partial charge in [0, 0.05) is 50.0 Å². The van der Waals surface area contributed by atoms with Crippen molar-refractivity contribution in [1.82, 2.24) is 29.9 Å². The third kappa shape index (κ3) is 4.46. The maximum absolute atomic E-state index is 6.35. The summed E-state index contributed by atoms with van der Waals surface area (Å²) in [7, 11) is 1.98. The molecule has 4 heterocycles. The second kappa shape index (κ2) is 9.09. The zero-order chi connectivity index (χ0) is 22.1. The quantitative estimate of drug-likeness (QED) is 0.608. The summed E-state index contributed by atoms with van der Waals surface area (Å²) in [6, 6.07) is 11.0. The molecule has 2 atom stereocenters. The van der Waals surface area contributed by atoms with Gasteiger partial charge in [-0.05, 0) is 43.0 Å². The number of aryl methyl sites for hydroxylation is 1. The molecule has 3 aromatic rings. The number of anilines is 2. The molecule has 1 aromatic carbocycles. The van der Waals surface area contributed by atoms with E-state index in [1.165, 1.54) is 5.56 Å². The van der Waals surface area contributed by atoms with Gasteiger partial charge in [-0.15, -0.1) is 5.10 Å². The first kappa shape index (κ1) is 21.2. The molecule has 0 spiro atoms. The lowest BCUT2D eigenvalue weighted by Crippen LogP contribution is -2.55. The highest BCUT2D eigenvalue weighted by atomic mass is 35.5. The normalized spacial score (nSPS) is 23.0. The number of hydrogen-bond acceptors (Lipinski definition) is 7. The van der Waals surface area contributed by atoms with Gasteiger partial charge in [-0.2, -0.15) is 10.1 Å². The van der Waals surface area contributed by atoms with Crippen LogP contribution in [0, 0.1) is 0 Å². The van der Waals surface area contributed by atoms with Crippen LogP contribution in [0.1, 0.15) is 30.2 Å². The minimum absolute atomic E-state index is 0.0230. The lowest BCUT2D eigenvalue weighted by Gasteiger charge is -2.46. The Labute approximate surface area is 192 Å². The van der Waals surface area contributed by atoms with Gasteiger partial charge in [-0.25, -0.2) is 5.10 Å². The number of ether oxygens (including phenoxy) is 1. The Morgan fingerprint density at radius 3 is 2.62 bits per heavy atom. The molecule has 32 heavy (non-hydrogen) atoms. The first-order valence-electron chi connectivity index (χ1n) is 11.1. The van der Waals surface area contributed by atoms with Gasteiger partial charge in [-0.1, -0.05) is 23.7 Å². The largest absolute Gasteiger partial charge is 0.369 e. The van der Waals surface area contributed by atoms with Crippen LogP contribution in [0.3, 0.4) is 0 Å². The van der Waals surface area contributed by atoms with Gasteiger partial charge in [0.1, 0.15) is 6.10 Å². The second-order valence-corrected chi connectivity index (χ2v) is 9.06. The number of rotatable bonds is 5. The van der Waals surface area contributed by atoms with Crippen LogP contribution in [-0.2, 0) is 18.2 Å². The molecule has 2 saturated heterocycles. The number of piperidine rings is 1. The second-order valence-electron chi connectivity index (χ2n) is 8.62. The number of morpholine rings is 1. The molecule has 0 unspecified atom stereocenters. The molecule has 0 bridgehead atoms. The highest BCUT2D eigenvalue weighted by Crippen LogP contribution is 2.31. The number of benzene rings is 1. The molecule has 0 saturated carbocycles. The Bertz CT molecular complexity index is 1030. The molecule has 9 nitrogen and oxygen atoms in total. The monoisotopic (exact) mass is 456 g/mol. The van der Waals surface area contributed by atoms with E-state index in [0.29, 0.717) is 30.6 Å². The predicted octanol–water partition coefficient (Wildman–Crippen LogP) is 2.43. The number of halogens is 1. The van der Waals surface area contributed by atoms with Crippen LogP contribution in [0.2, 0.25) is 5.02 Å². The maximum Gasteiger partial charge on any atom is 0.246 e. The van der Waals surface area contributed by atoms with E-state index in [1.54, 1.807) is 0 Å². The highest BCUT2D eigenvalue weighted by Gasteiger charge is 2.37. The van der Waals surface area contributed by atoms with E-state index < -0.39 is 0 Å². The van der Waals surface area contributed by atoms with Gasteiger partial charge in [0.25, 0.3) is 0 Å². The zero-order valence-corrected chi connectivity index (χ0v) is 18.9. The van der Waals surface area contributed by atoms with E-state index in [-0.39, 0.29) is 6.10 Å². The van der Waals surface area contributed by atoms with Gasteiger partial charge in [0.05, 0.1) is 12.3 Å². The minimum Gasteiger partial charge on any atom is -0.369 e. The van der Waals surface area contributed by atoms with Crippen LogP contribution in [-0.4, -0.2) is 68.2 Å². The smallest absolute Gasteiger partial charge is 0.246 e. The molecule has 2 aliphatic heterocycles. The van der Waals surface area contributed by atoms with E-state index in [9.17, 15) is 0 Å². The predicted molar refractivity (Wildman–Crippen MR) is 124 cm³/mol. The summed E-state index contributed by atoms with van der Waals surface area (Å²) in [6.45, 7) is 3.36. The summed E-state index contributed by atoms with van der Waals surface area (Å²) >= 11 is 6.09. The van der Waals surface area contributed by atoms with E-state index >= 15 is 0 Å². The average Bonchev–Trinajstić information content (AvgIpc) is 3.44. The van der Waals surface area contributed by atoms with Gasteiger partial charge in [0.2, 0.25) is 11.9 Å². The van der Waals surface area contributed by atoms with Crippen molar-refractivity contribution in [3.63, 3.8) is 0 Å². The number of nitrogens with two attached hydrogens (primary N) is 1. The van der Waals surface area contributed by atoms with E-state index in [4.69, 9.17) is 22.1 Å². The van der Waals surface area contributed by atoms with Crippen molar-refractivity contribution >= 4 is 23.5 Å². The van der Waals surface area contributed by atoms with Crippen LogP contribution in [0.15, 0.2) is 36.5 Å². The number of H-pyrrole nitrogens is 1. The summed E-state index contributed by atoms with van der Waals surface area (Å²) in [5.74, 6) is 1.05. The number of aromatic nitrogens is 5. The molecule has 0 radical (unpaired) electrons. The van der Waals surface area contributed by atoms with Gasteiger partial charge in [0.15, 0.2) is 0 Å². The van der Waals surface area contributed by atoms with Crippen molar-refractivity contribution in [2.75, 3.05) is 36.9 Å². The molecular formula is C22H29ClN8O. The number of nitrogens with one attached hydrogen (secondary N) is 1. The lowest BCUT2D eigenvalue weighted by atomic mass is 9.96. The standard InChI is InChI=1S/C22H29ClN8O/c1-29-19(6-9-25-29)20-13-31(18(14-32-20)12-15-2-4-16(23)5-3-15)17-7-10-30(11-8-17)22-26-21(24)27-28-22/h2-6,9,17-18,20H,7-8,10-14H2,1H3,(H3,24,26,27,28)/t18-,20+/m0/s1. The lowest BCUT2D eigenvalue weighted by molar-refractivity contribution is -0.0867. The Balaban J connectivity index is 1.32. The van der Waals surface area contributed by atoms with Gasteiger partial charge < -0.3 is 15.4 Å². The zero-order valence-electron chi connectivity index (χ0n) is 18.2. The number of nitrogen functional groups attached to an aromatic ring is 1. The van der Waals surface area contributed by atoms with Gasteiger partial charge >= 0.3 is 0 Å². The molecule has 5 rings (SSSR count). The Kier molecular flexibility index (Phi) is 6.03. The fourth-order valence-electron chi connectivity index (χ4n) is 4.91. The molecular weight excluding hydrogens is 428 g/mol. The Hall–Kier alpha value is -2.62. The Morgan fingerprint density at radius 1 is 1.19 bits per heavy atom. The average molecular weight is 457 g/mol. The minimum atomic E-state index is 0.0230. The highest BCUT2D eigenvalue weighted by molar-refractivity contribution is 6.30. The molecule has 3 N–H and O–H groups in total. The summed E-state index contributed by atoms with van der Waals surface area (Å²) < 4.78 is 8.26. The topological polar surface area (TPSA) is 101 Å². The molecule has 2 fully saturated rings. The molecule has 170 valence electrons. The molecule has 0 aliphatic carbocycles. The summed E-state index contributed by atoms with van der Waals surface area (Å²) in [6.07, 6.45) is 4.89. The Morgan fingerprint density at radius 2 is 1.97 bits per heavy atom. The first-order chi connectivity index (χ1) is 15.6. The van der Waals surface area contributed by atoms with Crippen LogP contribution in [0.25, 0.3) is 0 Å². The number of hydrogen-bond donors (Lipinski definition) is 2. The van der Waals surface area contributed by atoms with E-state index in [2.05, 4.69) is 48.3 Å². The van der Waals surface area contributed by atoms with Crippen LogP contribution in [0.4, 0.5) is 11.9 Å². The summed E-state index contributed by atoms with van der Waals surface area (Å²) in [5.41, 5.74) is 8.11. The molecule has 2 aromatic heterocycles. The maximum atomic E-state index is 6.35. The van der Waals surface area contributed by atoms with Gasteiger partial charge in [-0.3, -0.25) is 9.58 Å². The SMILES string of the molecule is Cn1nccc1[C@H]1CN(C2CCN(c3n[nH]c(N)n3)CC2)[C@@H](Cc2ccc(Cl)cc2)CO1. The van der Waals surface area contributed by atoms with E-state index in [1.807, 2.05) is 30.1 Å². The summed E-state index contributed by atoms with van der Waals surface area (Å²) in [5, 5.41) is 12.1. The number of aromatic amines is 1. The first-order valence-corrected chi connectivity index (χ1v) is 11.5. The van der Waals surface area contributed by atoms with E-state index in [0.717, 1.165) is 49.6 Å². The molecule has 10 heteroatoms. The van der Waals surface area contributed by atoms with Crippen molar-refractivity contribution in [2.24, 2.45) is 7.05 Å². The van der Waals surface area contributed by atoms with Crippen molar-refractivity contribution < 1.29 is 4.74 Å². The third-order valence-electron chi connectivity index (χ3n) is 6.62. The van der Waals surface area contributed by atoms with Crippen molar-refractivity contribution in [2.45, 2.75) is 37.5 Å². The fourth-order valence-corrected chi connectivity index (χ4v) is 5.04. The molecule has 0 amide bonds.